The Morgan fingerprint density at radius 3 is 2.47 bits per heavy atom. The number of hydrogen-bond acceptors (Lipinski definition) is 2. The molecule has 1 aromatic heterocycles. The van der Waals surface area contributed by atoms with Gasteiger partial charge in [0, 0.05) is 27.7 Å². The van der Waals surface area contributed by atoms with Crippen LogP contribution in [0.5, 0.6) is 0 Å². The average molecular weight is 478 g/mol. The predicted molar refractivity (Wildman–Crippen MR) is 138 cm³/mol. The second-order valence-corrected chi connectivity index (χ2v) is 10.4. The molecule has 3 aromatic rings. The molecule has 1 aliphatic carbocycles. The maximum absolute atomic E-state index is 14.0. The highest BCUT2D eigenvalue weighted by Crippen LogP contribution is 2.37. The standard InChI is InChI=1S/C28H32ClN3O2/c1-19-14-15-22(17-23(19)29)32-26(33)25-16-20-10-8-9-13-24(20)31(25)18-28(32,2)27(34)30-21-11-6-4-3-5-7-12-21/h8-10,13-17,21H,3-7,11-12,18H2,1-2H3,(H,30,34)/t28-/m1/s1. The quantitative estimate of drug-likeness (QED) is 0.484. The molecule has 178 valence electrons. The molecule has 0 saturated heterocycles. The van der Waals surface area contributed by atoms with Crippen LogP contribution < -0.4 is 10.2 Å². The van der Waals surface area contributed by atoms with E-state index in [9.17, 15) is 9.59 Å². The number of halogens is 1. The molecule has 5 rings (SSSR count). The number of carbonyl (C=O) groups is 2. The van der Waals surface area contributed by atoms with Crippen molar-refractivity contribution < 1.29 is 9.59 Å². The smallest absolute Gasteiger partial charge is 0.275 e. The van der Waals surface area contributed by atoms with Gasteiger partial charge in [-0.3, -0.25) is 14.5 Å². The highest BCUT2D eigenvalue weighted by molar-refractivity contribution is 6.31. The second kappa shape index (κ2) is 9.10. The topological polar surface area (TPSA) is 54.3 Å². The minimum Gasteiger partial charge on any atom is -0.351 e. The van der Waals surface area contributed by atoms with Crippen molar-refractivity contribution in [1.29, 1.82) is 0 Å². The van der Waals surface area contributed by atoms with E-state index in [1.165, 1.54) is 19.3 Å². The molecule has 0 spiro atoms. The molecule has 2 heterocycles. The van der Waals surface area contributed by atoms with Gasteiger partial charge in [0.2, 0.25) is 5.91 Å². The SMILES string of the molecule is Cc1ccc(N2C(=O)c3cc4ccccc4n3C[C@]2(C)C(=O)NC2CCCCCCC2)cc1Cl. The lowest BCUT2D eigenvalue weighted by Crippen LogP contribution is -2.65. The number of rotatable bonds is 3. The molecule has 0 bridgehead atoms. The predicted octanol–water partition coefficient (Wildman–Crippen LogP) is 6.25. The molecule has 2 aromatic carbocycles. The lowest BCUT2D eigenvalue weighted by atomic mass is 9.91. The van der Waals surface area contributed by atoms with Crippen LogP contribution in [0.1, 0.15) is 67.9 Å². The van der Waals surface area contributed by atoms with Crippen molar-refractivity contribution in [2.75, 3.05) is 4.90 Å². The highest BCUT2D eigenvalue weighted by atomic mass is 35.5. The van der Waals surface area contributed by atoms with E-state index in [0.29, 0.717) is 22.9 Å². The van der Waals surface area contributed by atoms with Gasteiger partial charge in [0.15, 0.2) is 0 Å². The summed E-state index contributed by atoms with van der Waals surface area (Å²) in [5.41, 5.74) is 2.05. The van der Waals surface area contributed by atoms with Crippen molar-refractivity contribution in [2.45, 2.75) is 76.9 Å². The van der Waals surface area contributed by atoms with Gasteiger partial charge in [-0.15, -0.1) is 0 Å². The molecule has 5 nitrogen and oxygen atoms in total. The molecule has 1 atom stereocenters. The Hall–Kier alpha value is -2.79. The van der Waals surface area contributed by atoms with Crippen LogP contribution in [0.3, 0.4) is 0 Å². The van der Waals surface area contributed by atoms with Crippen LogP contribution >= 0.6 is 11.6 Å². The lowest BCUT2D eigenvalue weighted by Gasteiger charge is -2.44. The van der Waals surface area contributed by atoms with Crippen molar-refractivity contribution in [2.24, 2.45) is 0 Å². The molecule has 6 heteroatoms. The van der Waals surface area contributed by atoms with Gasteiger partial charge in [-0.1, -0.05) is 68.0 Å². The molecule has 2 aliphatic rings. The van der Waals surface area contributed by atoms with E-state index >= 15 is 0 Å². The Morgan fingerprint density at radius 2 is 1.74 bits per heavy atom. The van der Waals surface area contributed by atoms with Gasteiger partial charge in [0.05, 0.1) is 6.54 Å². The maximum atomic E-state index is 14.0. The van der Waals surface area contributed by atoms with Gasteiger partial charge in [-0.25, -0.2) is 0 Å². The summed E-state index contributed by atoms with van der Waals surface area (Å²) in [6.45, 7) is 4.20. The summed E-state index contributed by atoms with van der Waals surface area (Å²) in [5, 5.41) is 4.92. The molecule has 34 heavy (non-hydrogen) atoms. The van der Waals surface area contributed by atoms with Gasteiger partial charge >= 0.3 is 0 Å². The largest absolute Gasteiger partial charge is 0.351 e. The number of hydrogen-bond donors (Lipinski definition) is 1. The van der Waals surface area contributed by atoms with Crippen LogP contribution in [-0.4, -0.2) is 28.0 Å². The molecule has 2 amide bonds. The summed E-state index contributed by atoms with van der Waals surface area (Å²) in [4.78, 5) is 29.6. The minimum absolute atomic E-state index is 0.105. The maximum Gasteiger partial charge on any atom is 0.275 e. The van der Waals surface area contributed by atoms with E-state index in [0.717, 1.165) is 42.1 Å². The Kier molecular flexibility index (Phi) is 6.15. The number of nitrogens with one attached hydrogen (secondary N) is 1. The first-order valence-electron chi connectivity index (χ1n) is 12.4. The number of fused-ring (bicyclic) bond motifs is 3. The summed E-state index contributed by atoms with van der Waals surface area (Å²) in [6.07, 6.45) is 7.95. The average Bonchev–Trinajstić information content (AvgIpc) is 3.16. The van der Waals surface area contributed by atoms with E-state index in [2.05, 4.69) is 5.32 Å². The van der Waals surface area contributed by atoms with E-state index in [1.54, 1.807) is 11.0 Å². The van der Waals surface area contributed by atoms with Crippen LogP contribution in [0.2, 0.25) is 5.02 Å². The monoisotopic (exact) mass is 477 g/mol. The van der Waals surface area contributed by atoms with Gasteiger partial charge < -0.3 is 9.88 Å². The van der Waals surface area contributed by atoms with Crippen LogP contribution in [0, 0.1) is 6.92 Å². The number of para-hydroxylation sites is 1. The first kappa shape index (κ1) is 23.0. The molecule has 1 saturated carbocycles. The first-order chi connectivity index (χ1) is 16.4. The summed E-state index contributed by atoms with van der Waals surface area (Å²) < 4.78 is 2.00. The number of amides is 2. The third-order valence-corrected chi connectivity index (χ3v) is 7.94. The number of aromatic nitrogens is 1. The van der Waals surface area contributed by atoms with Gasteiger partial charge in [-0.05, 0) is 56.5 Å². The Morgan fingerprint density at radius 1 is 1.03 bits per heavy atom. The normalized spacial score (nSPS) is 21.7. The van der Waals surface area contributed by atoms with Crippen molar-refractivity contribution in [3.63, 3.8) is 0 Å². The van der Waals surface area contributed by atoms with Crippen molar-refractivity contribution >= 4 is 40.0 Å². The number of benzene rings is 2. The summed E-state index contributed by atoms with van der Waals surface area (Å²) in [6, 6.07) is 15.6. The molecule has 1 N–H and O–H groups in total. The fraction of sp³-hybridized carbons (Fsp3) is 0.429. The van der Waals surface area contributed by atoms with Crippen LogP contribution in [0.15, 0.2) is 48.5 Å². The number of nitrogens with zero attached hydrogens (tertiary/aromatic N) is 2. The van der Waals surface area contributed by atoms with E-state index in [4.69, 9.17) is 11.6 Å². The Balaban J connectivity index is 1.58. The molecule has 1 fully saturated rings. The fourth-order valence-electron chi connectivity index (χ4n) is 5.51. The zero-order chi connectivity index (χ0) is 23.9. The van der Waals surface area contributed by atoms with Crippen molar-refractivity contribution in [3.8, 4) is 0 Å². The van der Waals surface area contributed by atoms with Crippen LogP contribution in [0.4, 0.5) is 5.69 Å². The Labute approximate surface area is 206 Å². The zero-order valence-electron chi connectivity index (χ0n) is 19.9. The van der Waals surface area contributed by atoms with Crippen molar-refractivity contribution in [1.82, 2.24) is 9.88 Å². The second-order valence-electron chi connectivity index (χ2n) is 10.0. The molecule has 1 aliphatic heterocycles. The lowest BCUT2D eigenvalue weighted by molar-refractivity contribution is -0.127. The van der Waals surface area contributed by atoms with Crippen LogP contribution in [-0.2, 0) is 11.3 Å². The van der Waals surface area contributed by atoms with E-state index in [-0.39, 0.29) is 17.9 Å². The highest BCUT2D eigenvalue weighted by Gasteiger charge is 2.49. The molecular formula is C28H32ClN3O2. The van der Waals surface area contributed by atoms with E-state index in [1.807, 2.05) is 60.9 Å². The third kappa shape index (κ3) is 4.00. The van der Waals surface area contributed by atoms with Gasteiger partial charge in [0.1, 0.15) is 11.2 Å². The fourth-order valence-corrected chi connectivity index (χ4v) is 5.69. The number of aryl methyl sites for hydroxylation is 1. The molecule has 0 radical (unpaired) electrons. The summed E-state index contributed by atoms with van der Waals surface area (Å²) in [7, 11) is 0. The first-order valence-corrected chi connectivity index (χ1v) is 12.8. The van der Waals surface area contributed by atoms with Crippen molar-refractivity contribution in [3.05, 3.63) is 64.8 Å². The van der Waals surface area contributed by atoms with E-state index < -0.39 is 5.54 Å². The summed E-state index contributed by atoms with van der Waals surface area (Å²) in [5.74, 6) is -0.288. The van der Waals surface area contributed by atoms with Crippen LogP contribution in [0.25, 0.3) is 10.9 Å². The summed E-state index contributed by atoms with van der Waals surface area (Å²) >= 11 is 6.46. The molecule has 0 unspecified atom stereocenters. The third-order valence-electron chi connectivity index (χ3n) is 7.54. The van der Waals surface area contributed by atoms with Gasteiger partial charge in [-0.2, -0.15) is 0 Å². The van der Waals surface area contributed by atoms with Gasteiger partial charge in [0.25, 0.3) is 5.91 Å². The minimum atomic E-state index is -1.09. The number of carbonyl (C=O) groups excluding carboxylic acids is 2. The molecular weight excluding hydrogens is 446 g/mol. The zero-order valence-corrected chi connectivity index (χ0v) is 20.7. The Bertz CT molecular complexity index is 1240. The number of anilines is 1.